The van der Waals surface area contributed by atoms with Crippen LogP contribution in [-0.4, -0.2) is 21.6 Å². The predicted octanol–water partition coefficient (Wildman–Crippen LogP) is 4.03. The highest BCUT2D eigenvalue weighted by atomic mass is 35.5. The van der Waals surface area contributed by atoms with Crippen LogP contribution in [0.15, 0.2) is 41.6 Å². The van der Waals surface area contributed by atoms with Crippen LogP contribution in [-0.2, 0) is 4.79 Å². The van der Waals surface area contributed by atoms with Crippen molar-refractivity contribution in [2.24, 2.45) is 0 Å². The molecule has 2 rings (SSSR count). The Morgan fingerprint density at radius 3 is 2.50 bits per heavy atom. The molecule has 0 bridgehead atoms. The second-order valence-electron chi connectivity index (χ2n) is 4.05. The standard InChI is InChI=1S/C13H9Cl2N3O3S/c14-9-2-1-3-10(15)13(9)17-11(19)7-22-12-5-4-8(6-16-12)18(20)21/h1-6H,7H2,(H,17,19). The Bertz CT molecular complexity index is 690. The summed E-state index contributed by atoms with van der Waals surface area (Å²) in [6.45, 7) is 0. The van der Waals surface area contributed by atoms with Crippen molar-refractivity contribution in [3.05, 3.63) is 56.7 Å². The lowest BCUT2D eigenvalue weighted by Gasteiger charge is -2.08. The number of amides is 1. The molecule has 0 saturated heterocycles. The molecule has 1 N–H and O–H groups in total. The summed E-state index contributed by atoms with van der Waals surface area (Å²) in [5, 5.41) is 14.3. The van der Waals surface area contributed by atoms with E-state index in [0.717, 1.165) is 18.0 Å². The van der Waals surface area contributed by atoms with Gasteiger partial charge in [-0.1, -0.05) is 41.0 Å². The smallest absolute Gasteiger partial charge is 0.287 e. The van der Waals surface area contributed by atoms with Gasteiger partial charge in [-0.25, -0.2) is 4.98 Å². The number of pyridine rings is 1. The van der Waals surface area contributed by atoms with Crippen molar-refractivity contribution in [3.8, 4) is 0 Å². The molecule has 114 valence electrons. The van der Waals surface area contributed by atoms with Gasteiger partial charge in [0, 0.05) is 6.07 Å². The molecule has 0 fully saturated rings. The molecule has 0 saturated carbocycles. The van der Waals surface area contributed by atoms with Crippen LogP contribution in [0.1, 0.15) is 0 Å². The van der Waals surface area contributed by atoms with E-state index in [1.54, 1.807) is 18.2 Å². The zero-order valence-corrected chi connectivity index (χ0v) is 13.3. The third-order valence-electron chi connectivity index (χ3n) is 2.51. The minimum Gasteiger partial charge on any atom is -0.323 e. The van der Waals surface area contributed by atoms with Crippen LogP contribution in [0.25, 0.3) is 0 Å². The Morgan fingerprint density at radius 1 is 1.27 bits per heavy atom. The Kier molecular flexibility index (Phi) is 5.59. The fourth-order valence-corrected chi connectivity index (χ4v) is 2.63. The first-order chi connectivity index (χ1) is 10.5. The third kappa shape index (κ3) is 4.33. The zero-order valence-electron chi connectivity index (χ0n) is 11.0. The van der Waals surface area contributed by atoms with E-state index in [2.05, 4.69) is 10.3 Å². The molecule has 0 unspecified atom stereocenters. The summed E-state index contributed by atoms with van der Waals surface area (Å²) in [5.74, 6) is -0.230. The summed E-state index contributed by atoms with van der Waals surface area (Å²) in [4.78, 5) is 25.8. The lowest BCUT2D eigenvalue weighted by Crippen LogP contribution is -2.14. The topological polar surface area (TPSA) is 85.1 Å². The van der Waals surface area contributed by atoms with Crippen molar-refractivity contribution in [2.75, 3.05) is 11.1 Å². The first kappa shape index (κ1) is 16.5. The maximum Gasteiger partial charge on any atom is 0.287 e. The molecular weight excluding hydrogens is 349 g/mol. The Balaban J connectivity index is 1.94. The van der Waals surface area contributed by atoms with Crippen LogP contribution in [0.3, 0.4) is 0 Å². The van der Waals surface area contributed by atoms with Crippen LogP contribution in [0, 0.1) is 10.1 Å². The molecule has 0 atom stereocenters. The van der Waals surface area contributed by atoms with Gasteiger partial charge < -0.3 is 5.32 Å². The van der Waals surface area contributed by atoms with Gasteiger partial charge in [0.1, 0.15) is 6.20 Å². The summed E-state index contributed by atoms with van der Waals surface area (Å²) < 4.78 is 0. The van der Waals surface area contributed by atoms with Gasteiger partial charge in [0.05, 0.1) is 31.4 Å². The van der Waals surface area contributed by atoms with Crippen molar-refractivity contribution in [1.29, 1.82) is 0 Å². The quantitative estimate of drug-likeness (QED) is 0.496. The molecule has 0 aliphatic rings. The first-order valence-electron chi connectivity index (χ1n) is 5.94. The number of halogens is 2. The average Bonchev–Trinajstić information content (AvgIpc) is 2.49. The fraction of sp³-hybridized carbons (Fsp3) is 0.0769. The SMILES string of the molecule is O=C(CSc1ccc([N+](=O)[O-])cn1)Nc1c(Cl)cccc1Cl. The molecule has 22 heavy (non-hydrogen) atoms. The number of carbonyl (C=O) groups is 1. The minimum atomic E-state index is -0.534. The van der Waals surface area contributed by atoms with E-state index in [1.165, 1.54) is 12.1 Å². The highest BCUT2D eigenvalue weighted by Crippen LogP contribution is 2.30. The van der Waals surface area contributed by atoms with Gasteiger partial charge in [-0.05, 0) is 18.2 Å². The number of nitro groups is 1. The monoisotopic (exact) mass is 357 g/mol. The molecule has 9 heteroatoms. The fourth-order valence-electron chi connectivity index (χ4n) is 1.50. The highest BCUT2D eigenvalue weighted by Gasteiger charge is 2.11. The molecule has 0 spiro atoms. The van der Waals surface area contributed by atoms with Crippen LogP contribution in [0.2, 0.25) is 10.0 Å². The zero-order chi connectivity index (χ0) is 16.1. The van der Waals surface area contributed by atoms with Gasteiger partial charge >= 0.3 is 0 Å². The second-order valence-corrected chi connectivity index (χ2v) is 5.86. The maximum absolute atomic E-state index is 11.9. The van der Waals surface area contributed by atoms with Gasteiger partial charge in [-0.15, -0.1) is 0 Å². The maximum atomic E-state index is 11.9. The molecule has 0 aliphatic heterocycles. The number of aromatic nitrogens is 1. The molecule has 1 aromatic carbocycles. The van der Waals surface area contributed by atoms with Crippen molar-refractivity contribution in [2.45, 2.75) is 5.03 Å². The van der Waals surface area contributed by atoms with Gasteiger partial charge in [0.2, 0.25) is 5.91 Å². The van der Waals surface area contributed by atoms with Gasteiger partial charge in [0.25, 0.3) is 5.69 Å². The van der Waals surface area contributed by atoms with E-state index in [0.29, 0.717) is 20.8 Å². The summed E-state index contributed by atoms with van der Waals surface area (Å²) >= 11 is 13.1. The number of para-hydroxylation sites is 1. The average molecular weight is 358 g/mol. The minimum absolute atomic E-state index is 0.0758. The summed E-state index contributed by atoms with van der Waals surface area (Å²) in [5.41, 5.74) is 0.254. The van der Waals surface area contributed by atoms with E-state index in [4.69, 9.17) is 23.2 Å². The van der Waals surface area contributed by atoms with Gasteiger partial charge in [-0.3, -0.25) is 14.9 Å². The number of hydrogen-bond acceptors (Lipinski definition) is 5. The molecular formula is C13H9Cl2N3O3S. The highest BCUT2D eigenvalue weighted by molar-refractivity contribution is 7.99. The molecule has 2 aromatic rings. The summed E-state index contributed by atoms with van der Waals surface area (Å²) in [6.07, 6.45) is 1.14. The Morgan fingerprint density at radius 2 is 1.95 bits per heavy atom. The van der Waals surface area contributed by atoms with Crippen molar-refractivity contribution in [1.82, 2.24) is 4.98 Å². The van der Waals surface area contributed by atoms with E-state index >= 15 is 0 Å². The van der Waals surface area contributed by atoms with E-state index in [-0.39, 0.29) is 17.3 Å². The van der Waals surface area contributed by atoms with Crippen LogP contribution < -0.4 is 5.32 Å². The number of thioether (sulfide) groups is 1. The Labute approximate surface area is 140 Å². The predicted molar refractivity (Wildman–Crippen MR) is 86.7 cm³/mol. The molecule has 0 aliphatic carbocycles. The number of rotatable bonds is 5. The number of anilines is 1. The lowest BCUT2D eigenvalue weighted by atomic mass is 10.3. The second kappa shape index (κ2) is 7.44. The Hall–Kier alpha value is -1.83. The summed E-state index contributed by atoms with van der Waals surface area (Å²) in [7, 11) is 0. The number of hydrogen-bond donors (Lipinski definition) is 1. The van der Waals surface area contributed by atoms with Crippen molar-refractivity contribution >= 4 is 52.2 Å². The van der Waals surface area contributed by atoms with Crippen LogP contribution in [0.5, 0.6) is 0 Å². The molecule has 1 heterocycles. The molecule has 1 aromatic heterocycles. The van der Waals surface area contributed by atoms with E-state index in [1.807, 2.05) is 0 Å². The largest absolute Gasteiger partial charge is 0.323 e. The van der Waals surface area contributed by atoms with Gasteiger partial charge in [-0.2, -0.15) is 0 Å². The third-order valence-corrected chi connectivity index (χ3v) is 4.08. The van der Waals surface area contributed by atoms with Gasteiger partial charge in [0.15, 0.2) is 0 Å². The molecule has 1 amide bonds. The normalized spacial score (nSPS) is 10.3. The number of nitrogens with one attached hydrogen (secondary N) is 1. The lowest BCUT2D eigenvalue weighted by molar-refractivity contribution is -0.385. The van der Waals surface area contributed by atoms with Crippen molar-refractivity contribution < 1.29 is 9.72 Å². The molecule has 6 nitrogen and oxygen atoms in total. The molecule has 0 radical (unpaired) electrons. The number of benzene rings is 1. The first-order valence-corrected chi connectivity index (χ1v) is 7.68. The number of nitrogens with zero attached hydrogens (tertiary/aromatic N) is 2. The van der Waals surface area contributed by atoms with E-state index < -0.39 is 4.92 Å². The van der Waals surface area contributed by atoms with Crippen LogP contribution in [0.4, 0.5) is 11.4 Å². The van der Waals surface area contributed by atoms with E-state index in [9.17, 15) is 14.9 Å². The number of carbonyl (C=O) groups excluding carboxylic acids is 1. The van der Waals surface area contributed by atoms with Crippen LogP contribution >= 0.6 is 35.0 Å². The summed E-state index contributed by atoms with van der Waals surface area (Å²) in [6, 6.07) is 7.73. The van der Waals surface area contributed by atoms with Crippen molar-refractivity contribution in [3.63, 3.8) is 0 Å².